The van der Waals surface area contributed by atoms with Gasteiger partial charge in [-0.3, -0.25) is 4.79 Å². The van der Waals surface area contributed by atoms with Crippen molar-refractivity contribution in [2.24, 2.45) is 0 Å². The zero-order valence-corrected chi connectivity index (χ0v) is 21.2. The maximum absolute atomic E-state index is 13.3. The zero-order valence-electron chi connectivity index (χ0n) is 19.6. The predicted octanol–water partition coefficient (Wildman–Crippen LogP) is 3.61. The average molecular weight is 528 g/mol. The number of para-hydroxylation sites is 1. The lowest BCUT2D eigenvalue weighted by molar-refractivity contribution is -0.123. The summed E-state index contributed by atoms with van der Waals surface area (Å²) in [6.07, 6.45) is 0. The number of phenolic OH excluding ortho intramolecular Hbond substituents is 1. The lowest BCUT2D eigenvalue weighted by Gasteiger charge is -2.44. The number of rotatable bonds is 6. The molecule has 1 amide bonds. The normalized spacial score (nSPS) is 20.8. The van der Waals surface area contributed by atoms with Gasteiger partial charge in [0.25, 0.3) is 0 Å². The highest BCUT2D eigenvalue weighted by Crippen LogP contribution is 2.44. The van der Waals surface area contributed by atoms with Gasteiger partial charge in [0.1, 0.15) is 5.38 Å². The molecule has 0 saturated carbocycles. The van der Waals surface area contributed by atoms with Crippen molar-refractivity contribution >= 4 is 38.9 Å². The molecule has 0 aliphatic carbocycles. The lowest BCUT2D eigenvalue weighted by atomic mass is 9.92. The van der Waals surface area contributed by atoms with Crippen LogP contribution in [0.4, 0.5) is 11.4 Å². The predicted molar refractivity (Wildman–Crippen MR) is 138 cm³/mol. The molecule has 3 aromatic rings. The standard InChI is InChI=1S/C26H26ClN3O5S/c1-35-23-17-18(7-12-22(23)31)25-24(27)26(32)30(25)20-8-10-21(11-9-20)36(33,34)29-15-13-28(14-16-29)19-5-3-2-4-6-19/h2-12,17,24-25,31H,13-16H2,1H3. The van der Waals surface area contributed by atoms with Gasteiger partial charge in [0, 0.05) is 37.6 Å². The molecule has 8 nitrogen and oxygen atoms in total. The fraction of sp³-hybridized carbons (Fsp3) is 0.269. The molecule has 1 N–H and O–H groups in total. The Morgan fingerprint density at radius 3 is 2.22 bits per heavy atom. The second-order valence-electron chi connectivity index (χ2n) is 8.71. The molecule has 3 aromatic carbocycles. The van der Waals surface area contributed by atoms with Crippen molar-refractivity contribution in [3.8, 4) is 11.5 Å². The summed E-state index contributed by atoms with van der Waals surface area (Å²) < 4.78 is 33.2. The van der Waals surface area contributed by atoms with Crippen molar-refractivity contribution in [3.63, 3.8) is 0 Å². The van der Waals surface area contributed by atoms with E-state index in [0.717, 1.165) is 5.69 Å². The third kappa shape index (κ3) is 4.27. The molecule has 188 valence electrons. The van der Waals surface area contributed by atoms with E-state index >= 15 is 0 Å². The zero-order chi connectivity index (χ0) is 25.4. The summed E-state index contributed by atoms with van der Waals surface area (Å²) in [4.78, 5) is 16.5. The molecule has 0 aromatic heterocycles. The number of alkyl halides is 1. The third-order valence-corrected chi connectivity index (χ3v) is 9.02. The first kappa shape index (κ1) is 24.4. The molecule has 0 radical (unpaired) electrons. The monoisotopic (exact) mass is 527 g/mol. The fourth-order valence-corrected chi connectivity index (χ4v) is 6.48. The molecule has 2 saturated heterocycles. The summed E-state index contributed by atoms with van der Waals surface area (Å²) in [5, 5.41) is 9.12. The van der Waals surface area contributed by atoms with Crippen LogP contribution in [0.15, 0.2) is 77.7 Å². The summed E-state index contributed by atoms with van der Waals surface area (Å²) >= 11 is 6.34. The highest BCUT2D eigenvalue weighted by Gasteiger charge is 2.48. The first-order valence-corrected chi connectivity index (χ1v) is 13.4. The Kier molecular flexibility index (Phi) is 6.55. The Morgan fingerprint density at radius 2 is 1.58 bits per heavy atom. The number of benzene rings is 3. The van der Waals surface area contributed by atoms with Crippen LogP contribution in [0.1, 0.15) is 11.6 Å². The van der Waals surface area contributed by atoms with E-state index in [1.54, 1.807) is 24.3 Å². The van der Waals surface area contributed by atoms with Crippen molar-refractivity contribution in [2.45, 2.75) is 16.3 Å². The molecule has 36 heavy (non-hydrogen) atoms. The minimum Gasteiger partial charge on any atom is -0.504 e. The Balaban J connectivity index is 1.32. The molecule has 2 fully saturated rings. The Bertz CT molecular complexity index is 1360. The number of aromatic hydroxyl groups is 1. The molecular formula is C26H26ClN3O5S. The minimum absolute atomic E-state index is 0.0104. The van der Waals surface area contributed by atoms with E-state index in [2.05, 4.69) is 4.90 Å². The number of nitrogens with zero attached hydrogens (tertiary/aromatic N) is 3. The summed E-state index contributed by atoms with van der Waals surface area (Å²) in [7, 11) is -2.22. The lowest BCUT2D eigenvalue weighted by Crippen LogP contribution is -2.56. The van der Waals surface area contributed by atoms with Gasteiger partial charge in [-0.25, -0.2) is 8.42 Å². The highest BCUT2D eigenvalue weighted by molar-refractivity contribution is 7.89. The van der Waals surface area contributed by atoms with Gasteiger partial charge in [0.2, 0.25) is 15.9 Å². The van der Waals surface area contributed by atoms with E-state index in [-0.39, 0.29) is 22.3 Å². The van der Waals surface area contributed by atoms with Crippen LogP contribution >= 0.6 is 11.6 Å². The largest absolute Gasteiger partial charge is 0.504 e. The van der Waals surface area contributed by atoms with E-state index in [9.17, 15) is 18.3 Å². The fourth-order valence-electron chi connectivity index (χ4n) is 4.69. The summed E-state index contributed by atoms with van der Waals surface area (Å²) in [5.41, 5.74) is 2.33. The SMILES string of the molecule is COc1cc(C2C(Cl)C(=O)N2c2ccc(S(=O)(=O)N3CCN(c4ccccc4)CC3)cc2)ccc1O. The molecule has 2 heterocycles. The van der Waals surface area contributed by atoms with Crippen molar-refractivity contribution < 1.29 is 23.1 Å². The van der Waals surface area contributed by atoms with E-state index in [0.29, 0.717) is 37.4 Å². The second kappa shape index (κ2) is 9.65. The van der Waals surface area contributed by atoms with E-state index in [1.165, 1.54) is 34.5 Å². The maximum atomic E-state index is 13.3. The van der Waals surface area contributed by atoms with Gasteiger partial charge in [-0.2, -0.15) is 4.31 Å². The minimum atomic E-state index is -3.67. The number of sulfonamides is 1. The van der Waals surface area contributed by atoms with Crippen LogP contribution in [0.5, 0.6) is 11.5 Å². The van der Waals surface area contributed by atoms with Crippen molar-refractivity contribution in [1.29, 1.82) is 0 Å². The number of carbonyl (C=O) groups is 1. The molecular weight excluding hydrogens is 502 g/mol. The van der Waals surface area contributed by atoms with E-state index in [4.69, 9.17) is 16.3 Å². The van der Waals surface area contributed by atoms with Gasteiger partial charge in [0.05, 0.1) is 18.0 Å². The number of piperazine rings is 1. The number of halogens is 1. The molecule has 0 spiro atoms. The van der Waals surface area contributed by atoms with Crippen LogP contribution < -0.4 is 14.5 Å². The smallest absolute Gasteiger partial charge is 0.248 e. The molecule has 10 heteroatoms. The molecule has 2 atom stereocenters. The summed E-state index contributed by atoms with van der Waals surface area (Å²) in [6.45, 7) is 2.00. The molecule has 2 unspecified atom stereocenters. The van der Waals surface area contributed by atoms with Crippen LogP contribution in [-0.4, -0.2) is 62.4 Å². The van der Waals surface area contributed by atoms with Gasteiger partial charge in [-0.15, -0.1) is 11.6 Å². The van der Waals surface area contributed by atoms with E-state index < -0.39 is 21.4 Å². The van der Waals surface area contributed by atoms with Crippen LogP contribution in [-0.2, 0) is 14.8 Å². The number of methoxy groups -OCH3 is 1. The van der Waals surface area contributed by atoms with E-state index in [1.807, 2.05) is 30.3 Å². The van der Waals surface area contributed by atoms with Crippen molar-refractivity contribution in [3.05, 3.63) is 78.4 Å². The van der Waals surface area contributed by atoms with Crippen LogP contribution in [0.25, 0.3) is 0 Å². The third-order valence-electron chi connectivity index (χ3n) is 6.69. The number of hydrogen-bond acceptors (Lipinski definition) is 6. The number of carbonyl (C=O) groups excluding carboxylic acids is 1. The summed E-state index contributed by atoms with van der Waals surface area (Å²) in [5.74, 6) is -0.00504. The van der Waals surface area contributed by atoms with Crippen LogP contribution in [0.3, 0.4) is 0 Å². The molecule has 0 bridgehead atoms. The number of phenols is 1. The molecule has 2 aliphatic rings. The first-order valence-electron chi connectivity index (χ1n) is 11.6. The Labute approximate surface area is 215 Å². The number of β-lactam (4-membered cyclic amide) rings is 1. The second-order valence-corrected chi connectivity index (χ2v) is 11.1. The van der Waals surface area contributed by atoms with Crippen molar-refractivity contribution in [2.75, 3.05) is 43.1 Å². The summed E-state index contributed by atoms with van der Waals surface area (Å²) in [6, 6.07) is 20.6. The van der Waals surface area contributed by atoms with Gasteiger partial charge in [-0.1, -0.05) is 24.3 Å². The molecule has 5 rings (SSSR count). The number of hydrogen-bond donors (Lipinski definition) is 1. The topological polar surface area (TPSA) is 90.4 Å². The Hall–Kier alpha value is -3.27. The number of ether oxygens (including phenoxy) is 1. The number of anilines is 2. The van der Waals surface area contributed by atoms with Gasteiger partial charge in [0.15, 0.2) is 11.5 Å². The highest BCUT2D eigenvalue weighted by atomic mass is 35.5. The van der Waals surface area contributed by atoms with Crippen LogP contribution in [0, 0.1) is 0 Å². The van der Waals surface area contributed by atoms with Gasteiger partial charge >= 0.3 is 0 Å². The van der Waals surface area contributed by atoms with Gasteiger partial charge in [-0.05, 0) is 54.1 Å². The molecule has 2 aliphatic heterocycles. The number of amides is 1. The van der Waals surface area contributed by atoms with Gasteiger partial charge < -0.3 is 19.6 Å². The van der Waals surface area contributed by atoms with Crippen molar-refractivity contribution in [1.82, 2.24) is 4.31 Å². The maximum Gasteiger partial charge on any atom is 0.248 e. The van der Waals surface area contributed by atoms with Crippen LogP contribution in [0.2, 0.25) is 0 Å². The first-order chi connectivity index (χ1) is 17.3. The quantitative estimate of drug-likeness (QED) is 0.389. The average Bonchev–Trinajstić information content (AvgIpc) is 2.92. The Morgan fingerprint density at radius 1 is 0.917 bits per heavy atom.